The van der Waals surface area contributed by atoms with Gasteiger partial charge in [-0.25, -0.2) is 4.79 Å². The number of likely N-dealkylation sites (N-methyl/N-ethyl adjacent to an activating group) is 1. The Kier molecular flexibility index (Phi) is 8.35. The van der Waals surface area contributed by atoms with Gasteiger partial charge in [0.2, 0.25) is 5.91 Å². The van der Waals surface area contributed by atoms with E-state index in [2.05, 4.69) is 50.0 Å². The van der Waals surface area contributed by atoms with Crippen LogP contribution in [0, 0.1) is 5.92 Å². The summed E-state index contributed by atoms with van der Waals surface area (Å²) in [6, 6.07) is 8.01. The van der Waals surface area contributed by atoms with Crippen LogP contribution in [0.5, 0.6) is 0 Å². The number of nitrogens with one attached hydrogen (secondary N) is 1. The zero-order chi connectivity index (χ0) is 22.4. The van der Waals surface area contributed by atoms with Gasteiger partial charge in [-0.2, -0.15) is 0 Å². The molecule has 2 fully saturated rings. The summed E-state index contributed by atoms with van der Waals surface area (Å²) in [5.41, 5.74) is 2.10. The van der Waals surface area contributed by atoms with E-state index in [-0.39, 0.29) is 18.0 Å². The number of piperazine rings is 1. The van der Waals surface area contributed by atoms with Crippen LogP contribution in [-0.4, -0.2) is 71.9 Å². The number of carbonyl (C=O) groups is 2. The van der Waals surface area contributed by atoms with Crippen molar-refractivity contribution in [1.82, 2.24) is 14.7 Å². The smallest absolute Gasteiger partial charge is 0.321 e. The van der Waals surface area contributed by atoms with E-state index in [1.807, 2.05) is 21.9 Å². The molecule has 6 heteroatoms. The van der Waals surface area contributed by atoms with Gasteiger partial charge in [0.15, 0.2) is 0 Å². The third kappa shape index (κ3) is 5.79. The zero-order valence-electron chi connectivity index (χ0n) is 19.8. The van der Waals surface area contributed by atoms with Gasteiger partial charge in [0.05, 0.1) is 6.04 Å². The predicted octanol–water partition coefficient (Wildman–Crippen LogP) is 4.39. The first kappa shape index (κ1) is 23.6. The fourth-order valence-corrected chi connectivity index (χ4v) is 5.01. The van der Waals surface area contributed by atoms with Gasteiger partial charge >= 0.3 is 6.03 Å². The molecule has 0 bridgehead atoms. The Morgan fingerprint density at radius 3 is 2.10 bits per heavy atom. The highest BCUT2D eigenvalue weighted by Gasteiger charge is 2.38. The van der Waals surface area contributed by atoms with Crippen molar-refractivity contribution in [2.24, 2.45) is 5.92 Å². The first-order valence-electron chi connectivity index (χ1n) is 12.1. The summed E-state index contributed by atoms with van der Waals surface area (Å²) >= 11 is 0. The van der Waals surface area contributed by atoms with E-state index in [9.17, 15) is 9.59 Å². The second-order valence-electron chi connectivity index (χ2n) is 9.23. The van der Waals surface area contributed by atoms with Gasteiger partial charge in [0, 0.05) is 45.0 Å². The van der Waals surface area contributed by atoms with Crippen LogP contribution in [0.15, 0.2) is 24.3 Å². The molecule has 1 unspecified atom stereocenters. The van der Waals surface area contributed by atoms with Crippen LogP contribution in [0.4, 0.5) is 10.5 Å². The number of anilines is 1. The normalized spacial score (nSPS) is 18.9. The molecular formula is C25H40N4O2. The first-order valence-corrected chi connectivity index (χ1v) is 12.1. The minimum absolute atomic E-state index is 0.0313. The predicted molar refractivity (Wildman–Crippen MR) is 126 cm³/mol. The quantitative estimate of drug-likeness (QED) is 0.701. The maximum Gasteiger partial charge on any atom is 0.321 e. The van der Waals surface area contributed by atoms with Crippen molar-refractivity contribution in [3.63, 3.8) is 0 Å². The Morgan fingerprint density at radius 1 is 1.00 bits per heavy atom. The summed E-state index contributed by atoms with van der Waals surface area (Å²) in [6.07, 6.45) is 4.74. The molecule has 31 heavy (non-hydrogen) atoms. The second-order valence-corrected chi connectivity index (χ2v) is 9.23. The molecule has 1 heterocycles. The molecule has 1 aliphatic carbocycles. The number of hydrogen-bond donors (Lipinski definition) is 1. The largest absolute Gasteiger partial charge is 0.342 e. The van der Waals surface area contributed by atoms with Gasteiger partial charge in [-0.1, -0.05) is 38.8 Å². The molecular weight excluding hydrogens is 388 g/mol. The summed E-state index contributed by atoms with van der Waals surface area (Å²) in [6.45, 7) is 12.8. The molecule has 6 nitrogen and oxygen atoms in total. The fraction of sp³-hybridized carbons (Fsp3) is 0.680. The molecule has 1 N–H and O–H groups in total. The highest BCUT2D eigenvalue weighted by molar-refractivity contribution is 5.89. The molecule has 3 rings (SSSR count). The summed E-state index contributed by atoms with van der Waals surface area (Å²) in [5, 5.41) is 3.03. The lowest BCUT2D eigenvalue weighted by Gasteiger charge is -2.42. The summed E-state index contributed by atoms with van der Waals surface area (Å²) in [4.78, 5) is 32.3. The average molecular weight is 429 g/mol. The van der Waals surface area contributed by atoms with Gasteiger partial charge in [-0.15, -0.1) is 0 Å². The number of benzene rings is 1. The van der Waals surface area contributed by atoms with Crippen LogP contribution in [-0.2, 0) is 4.79 Å². The zero-order valence-corrected chi connectivity index (χ0v) is 19.8. The topological polar surface area (TPSA) is 55.9 Å². The average Bonchev–Trinajstić information content (AvgIpc) is 3.30. The Bertz CT molecular complexity index is 716. The van der Waals surface area contributed by atoms with Crippen LogP contribution < -0.4 is 5.32 Å². The van der Waals surface area contributed by atoms with Crippen molar-refractivity contribution >= 4 is 17.6 Å². The molecule has 0 aromatic heterocycles. The third-order valence-electron chi connectivity index (χ3n) is 7.00. The van der Waals surface area contributed by atoms with Crippen molar-refractivity contribution in [3.05, 3.63) is 29.8 Å². The fourth-order valence-electron chi connectivity index (χ4n) is 5.01. The maximum absolute atomic E-state index is 13.3. The first-order chi connectivity index (χ1) is 14.9. The van der Waals surface area contributed by atoms with Gasteiger partial charge < -0.3 is 15.1 Å². The number of rotatable bonds is 7. The number of amides is 3. The highest BCUT2D eigenvalue weighted by Crippen LogP contribution is 2.32. The van der Waals surface area contributed by atoms with Crippen LogP contribution in [0.2, 0.25) is 0 Å². The Hall–Kier alpha value is -2.08. The van der Waals surface area contributed by atoms with E-state index in [4.69, 9.17) is 0 Å². The number of carbonyl (C=O) groups excluding carboxylic acids is 2. The molecule has 0 spiro atoms. The minimum atomic E-state index is -0.0515. The molecule has 1 aromatic carbocycles. The molecule has 1 aliphatic heterocycles. The van der Waals surface area contributed by atoms with E-state index >= 15 is 0 Å². The molecule has 172 valence electrons. The van der Waals surface area contributed by atoms with Gasteiger partial charge in [0.25, 0.3) is 0 Å². The third-order valence-corrected chi connectivity index (χ3v) is 7.00. The van der Waals surface area contributed by atoms with E-state index in [1.54, 1.807) is 0 Å². The van der Waals surface area contributed by atoms with Crippen molar-refractivity contribution in [1.29, 1.82) is 0 Å². The maximum atomic E-state index is 13.3. The van der Waals surface area contributed by atoms with E-state index in [0.717, 1.165) is 44.7 Å². The Balaban J connectivity index is 1.59. The summed E-state index contributed by atoms with van der Waals surface area (Å²) in [5.74, 6) is 1.21. The minimum Gasteiger partial charge on any atom is -0.342 e. The standard InChI is InChI=1S/C25H40N4O2/c1-5-27(6-2)24(30)23(21-9-7-8-10-21)28-15-17-29(18-16-28)25(31)26-22-13-11-20(12-14-22)19(3)4/h11-14,19,21,23H,5-10,15-18H2,1-4H3,(H,26,31). The summed E-state index contributed by atoms with van der Waals surface area (Å²) in [7, 11) is 0. The van der Waals surface area contributed by atoms with Crippen LogP contribution in [0.1, 0.15) is 64.9 Å². The number of nitrogens with zero attached hydrogens (tertiary/aromatic N) is 3. The molecule has 1 atom stereocenters. The molecule has 0 radical (unpaired) electrons. The van der Waals surface area contributed by atoms with Gasteiger partial charge in [0.1, 0.15) is 0 Å². The Labute approximate surface area is 188 Å². The van der Waals surface area contributed by atoms with Crippen molar-refractivity contribution in [3.8, 4) is 0 Å². The SMILES string of the molecule is CCN(CC)C(=O)C(C1CCCC1)N1CCN(C(=O)Nc2ccc(C(C)C)cc2)CC1. The monoisotopic (exact) mass is 428 g/mol. The van der Waals surface area contributed by atoms with Crippen LogP contribution >= 0.6 is 0 Å². The van der Waals surface area contributed by atoms with E-state index < -0.39 is 0 Å². The van der Waals surface area contributed by atoms with Crippen molar-refractivity contribution < 1.29 is 9.59 Å². The molecule has 1 saturated heterocycles. The van der Waals surface area contributed by atoms with E-state index in [1.165, 1.54) is 18.4 Å². The second kappa shape index (κ2) is 11.0. The van der Waals surface area contributed by atoms with Crippen LogP contribution in [0.25, 0.3) is 0 Å². The lowest BCUT2D eigenvalue weighted by Crippen LogP contribution is -2.58. The number of urea groups is 1. The van der Waals surface area contributed by atoms with Crippen molar-refractivity contribution in [2.45, 2.75) is 65.3 Å². The lowest BCUT2D eigenvalue weighted by atomic mass is 9.94. The van der Waals surface area contributed by atoms with Crippen molar-refractivity contribution in [2.75, 3.05) is 44.6 Å². The summed E-state index contributed by atoms with van der Waals surface area (Å²) < 4.78 is 0. The molecule has 3 amide bonds. The Morgan fingerprint density at radius 2 is 1.58 bits per heavy atom. The number of hydrogen-bond acceptors (Lipinski definition) is 3. The molecule has 1 aromatic rings. The molecule has 1 saturated carbocycles. The van der Waals surface area contributed by atoms with Crippen LogP contribution in [0.3, 0.4) is 0 Å². The van der Waals surface area contributed by atoms with Gasteiger partial charge in [-0.3, -0.25) is 9.69 Å². The lowest BCUT2D eigenvalue weighted by molar-refractivity contribution is -0.139. The van der Waals surface area contributed by atoms with Gasteiger partial charge in [-0.05, 0) is 56.2 Å². The highest BCUT2D eigenvalue weighted by atomic mass is 16.2. The van der Waals surface area contributed by atoms with E-state index in [0.29, 0.717) is 24.9 Å². The molecule has 2 aliphatic rings.